The number of nitrogens with zero attached hydrogens (tertiary/aromatic N) is 6. The Labute approximate surface area is 191 Å². The molecule has 4 heterocycles. The molecule has 4 aromatic rings. The molecule has 1 fully saturated rings. The Hall–Kier alpha value is -3.59. The SMILES string of the molecule is CC1(C)CC(n2nnc3cc(-c4ccc(-c5ccc(O)cn5)cc4O)nnc32)CC(C)(C)N1. The summed E-state index contributed by atoms with van der Waals surface area (Å²) in [4.78, 5) is 4.19. The van der Waals surface area contributed by atoms with Crippen LogP contribution in [-0.2, 0) is 0 Å². The molecule has 33 heavy (non-hydrogen) atoms. The first kappa shape index (κ1) is 21.3. The third-order valence-corrected chi connectivity index (χ3v) is 6.05. The number of pyridine rings is 1. The summed E-state index contributed by atoms with van der Waals surface area (Å²) in [5.74, 6) is 0.151. The Bertz CT molecular complexity index is 1310. The molecule has 0 spiro atoms. The predicted octanol–water partition coefficient (Wildman–Crippen LogP) is 3.84. The van der Waals surface area contributed by atoms with Gasteiger partial charge in [0.15, 0.2) is 0 Å². The lowest BCUT2D eigenvalue weighted by Gasteiger charge is -2.46. The van der Waals surface area contributed by atoms with Gasteiger partial charge in [-0.25, -0.2) is 4.68 Å². The molecule has 9 heteroatoms. The monoisotopic (exact) mass is 445 g/mol. The highest BCUT2D eigenvalue weighted by Crippen LogP contribution is 2.37. The lowest BCUT2D eigenvalue weighted by molar-refractivity contribution is 0.127. The van der Waals surface area contributed by atoms with E-state index in [2.05, 4.69) is 58.5 Å². The smallest absolute Gasteiger partial charge is 0.201 e. The van der Waals surface area contributed by atoms with Crippen LogP contribution < -0.4 is 5.32 Å². The molecular weight excluding hydrogens is 418 g/mol. The molecule has 5 rings (SSSR count). The number of phenolic OH excluding ortho intramolecular Hbond substituents is 1. The number of aromatic nitrogens is 6. The zero-order valence-electron chi connectivity index (χ0n) is 19.1. The number of benzene rings is 1. The Morgan fingerprint density at radius 3 is 2.33 bits per heavy atom. The number of hydrogen-bond donors (Lipinski definition) is 3. The van der Waals surface area contributed by atoms with Crippen molar-refractivity contribution in [2.75, 3.05) is 0 Å². The van der Waals surface area contributed by atoms with Gasteiger partial charge in [0.25, 0.3) is 0 Å². The van der Waals surface area contributed by atoms with E-state index in [0.717, 1.165) is 18.4 Å². The first-order valence-electron chi connectivity index (χ1n) is 11.0. The summed E-state index contributed by atoms with van der Waals surface area (Å²) in [6, 6.07) is 10.4. The van der Waals surface area contributed by atoms with E-state index in [-0.39, 0.29) is 28.6 Å². The van der Waals surface area contributed by atoms with Crippen molar-refractivity contribution in [3.8, 4) is 34.0 Å². The lowest BCUT2D eigenvalue weighted by Crippen LogP contribution is -2.58. The average molecular weight is 446 g/mol. The van der Waals surface area contributed by atoms with E-state index in [0.29, 0.717) is 28.1 Å². The highest BCUT2D eigenvalue weighted by atomic mass is 16.3. The maximum Gasteiger partial charge on any atom is 0.201 e. The zero-order valence-corrected chi connectivity index (χ0v) is 19.1. The Morgan fingerprint density at radius 1 is 0.909 bits per heavy atom. The average Bonchev–Trinajstić information content (AvgIpc) is 3.15. The number of rotatable bonds is 3. The maximum atomic E-state index is 10.7. The fraction of sp³-hybridized carbons (Fsp3) is 0.375. The van der Waals surface area contributed by atoms with Crippen molar-refractivity contribution >= 4 is 11.2 Å². The van der Waals surface area contributed by atoms with Crippen LogP contribution in [0.5, 0.6) is 11.5 Å². The van der Waals surface area contributed by atoms with E-state index in [1.807, 2.05) is 10.7 Å². The lowest BCUT2D eigenvalue weighted by atomic mass is 9.80. The van der Waals surface area contributed by atoms with Gasteiger partial charge in [0, 0.05) is 22.2 Å². The predicted molar refractivity (Wildman–Crippen MR) is 125 cm³/mol. The van der Waals surface area contributed by atoms with E-state index < -0.39 is 0 Å². The third kappa shape index (κ3) is 4.11. The minimum atomic E-state index is -0.0298. The fourth-order valence-electron chi connectivity index (χ4n) is 5.03. The van der Waals surface area contributed by atoms with E-state index in [1.165, 1.54) is 6.20 Å². The Kier molecular flexibility index (Phi) is 4.82. The molecule has 0 aliphatic carbocycles. The molecule has 1 aromatic carbocycles. The molecule has 0 unspecified atom stereocenters. The van der Waals surface area contributed by atoms with Crippen LogP contribution in [0.25, 0.3) is 33.7 Å². The molecular formula is C24H27N7O2. The number of aromatic hydroxyl groups is 2. The summed E-state index contributed by atoms with van der Waals surface area (Å²) in [7, 11) is 0. The number of fused-ring (bicyclic) bond motifs is 1. The first-order chi connectivity index (χ1) is 15.6. The molecule has 9 nitrogen and oxygen atoms in total. The topological polar surface area (TPSA) is 122 Å². The van der Waals surface area contributed by atoms with Gasteiger partial charge in [0.1, 0.15) is 17.0 Å². The van der Waals surface area contributed by atoms with Crippen molar-refractivity contribution in [2.24, 2.45) is 0 Å². The van der Waals surface area contributed by atoms with Gasteiger partial charge in [0.2, 0.25) is 5.65 Å². The number of hydrogen-bond acceptors (Lipinski definition) is 8. The minimum absolute atomic E-state index is 0.0298. The van der Waals surface area contributed by atoms with Crippen LogP contribution in [0.3, 0.4) is 0 Å². The second kappa shape index (κ2) is 7.48. The van der Waals surface area contributed by atoms with Gasteiger partial charge in [-0.2, -0.15) is 0 Å². The van der Waals surface area contributed by atoms with Crippen LogP contribution in [0.2, 0.25) is 0 Å². The number of nitrogens with one attached hydrogen (secondary N) is 1. The van der Waals surface area contributed by atoms with Crippen LogP contribution in [-0.4, -0.2) is 51.5 Å². The van der Waals surface area contributed by atoms with Crippen LogP contribution in [0.4, 0.5) is 0 Å². The van der Waals surface area contributed by atoms with Crippen LogP contribution >= 0.6 is 0 Å². The van der Waals surface area contributed by atoms with Gasteiger partial charge in [-0.05, 0) is 70.9 Å². The molecule has 3 N–H and O–H groups in total. The molecule has 0 atom stereocenters. The third-order valence-electron chi connectivity index (χ3n) is 6.05. The van der Waals surface area contributed by atoms with Crippen LogP contribution in [0, 0.1) is 0 Å². The summed E-state index contributed by atoms with van der Waals surface area (Å²) in [5, 5.41) is 41.4. The normalized spacial score (nSPS) is 17.9. The van der Waals surface area contributed by atoms with Crippen molar-refractivity contribution in [3.05, 3.63) is 42.6 Å². The molecule has 0 amide bonds. The van der Waals surface area contributed by atoms with Crippen molar-refractivity contribution in [2.45, 2.75) is 57.7 Å². The summed E-state index contributed by atoms with van der Waals surface area (Å²) in [6.45, 7) is 8.79. The molecule has 0 bridgehead atoms. The van der Waals surface area contributed by atoms with Crippen LogP contribution in [0.15, 0.2) is 42.6 Å². The van der Waals surface area contributed by atoms with Gasteiger partial charge in [-0.1, -0.05) is 11.3 Å². The molecule has 3 aromatic heterocycles. The molecule has 170 valence electrons. The summed E-state index contributed by atoms with van der Waals surface area (Å²) < 4.78 is 1.88. The number of piperidine rings is 1. The van der Waals surface area contributed by atoms with Crippen molar-refractivity contribution in [1.29, 1.82) is 0 Å². The van der Waals surface area contributed by atoms with Gasteiger partial charge < -0.3 is 15.5 Å². The van der Waals surface area contributed by atoms with E-state index in [9.17, 15) is 10.2 Å². The fourth-order valence-corrected chi connectivity index (χ4v) is 5.03. The Morgan fingerprint density at radius 2 is 1.67 bits per heavy atom. The van der Waals surface area contributed by atoms with Crippen molar-refractivity contribution < 1.29 is 10.2 Å². The van der Waals surface area contributed by atoms with Gasteiger partial charge in [-0.15, -0.1) is 15.3 Å². The Balaban J connectivity index is 1.47. The molecule has 1 aliphatic heterocycles. The van der Waals surface area contributed by atoms with Crippen molar-refractivity contribution in [1.82, 2.24) is 35.5 Å². The summed E-state index contributed by atoms with van der Waals surface area (Å²) >= 11 is 0. The molecule has 1 saturated heterocycles. The van der Waals surface area contributed by atoms with Gasteiger partial charge in [0.05, 0.1) is 23.6 Å². The number of phenols is 1. The van der Waals surface area contributed by atoms with Gasteiger partial charge in [-0.3, -0.25) is 4.98 Å². The second-order valence-electron chi connectivity index (χ2n) is 10.1. The molecule has 0 radical (unpaired) electrons. The second-order valence-corrected chi connectivity index (χ2v) is 10.1. The van der Waals surface area contributed by atoms with Gasteiger partial charge >= 0.3 is 0 Å². The minimum Gasteiger partial charge on any atom is -0.507 e. The molecule has 0 saturated carbocycles. The van der Waals surface area contributed by atoms with E-state index >= 15 is 0 Å². The van der Waals surface area contributed by atoms with E-state index in [1.54, 1.807) is 30.3 Å². The largest absolute Gasteiger partial charge is 0.507 e. The maximum absolute atomic E-state index is 10.7. The quantitative estimate of drug-likeness (QED) is 0.435. The van der Waals surface area contributed by atoms with E-state index in [4.69, 9.17) is 0 Å². The zero-order chi connectivity index (χ0) is 23.4. The van der Waals surface area contributed by atoms with Crippen molar-refractivity contribution in [3.63, 3.8) is 0 Å². The highest BCUT2D eigenvalue weighted by molar-refractivity contribution is 5.79. The first-order valence-corrected chi connectivity index (χ1v) is 11.0. The summed E-state index contributed by atoms with van der Waals surface area (Å²) in [5.41, 5.74) is 3.66. The standard InChI is InChI=1S/C24H27N7O2/c1-23(2)11-15(12-24(3,4)29-23)31-22-20(27-30-31)10-19(26-28-22)17-7-5-14(9-21(17)33)18-8-6-16(32)13-25-18/h5-10,13,15,29,32-33H,11-12H2,1-4H3. The van der Waals surface area contributed by atoms with Crippen LogP contribution in [0.1, 0.15) is 46.6 Å². The highest BCUT2D eigenvalue weighted by Gasteiger charge is 2.39. The molecule has 1 aliphatic rings. The summed E-state index contributed by atoms with van der Waals surface area (Å²) in [6.07, 6.45) is 3.19.